The number of fused-ring (bicyclic) bond motifs is 3. The molecule has 0 unspecified atom stereocenters. The van der Waals surface area contributed by atoms with Gasteiger partial charge in [0.2, 0.25) is 0 Å². The van der Waals surface area contributed by atoms with E-state index < -0.39 is 45.5 Å². The third kappa shape index (κ3) is 1.56. The molecular formula is C14H37Si6. The van der Waals surface area contributed by atoms with Gasteiger partial charge in [-0.25, -0.2) is 0 Å². The van der Waals surface area contributed by atoms with Crippen molar-refractivity contribution in [3.63, 3.8) is 0 Å². The van der Waals surface area contributed by atoms with Crippen LogP contribution in [0.3, 0.4) is 0 Å². The summed E-state index contributed by atoms with van der Waals surface area (Å²) >= 11 is 0. The largest absolute Gasteiger partial charge is 0.0715 e. The highest BCUT2D eigenvalue weighted by atomic mass is 29.4. The molecule has 0 atom stereocenters. The van der Waals surface area contributed by atoms with Gasteiger partial charge in [-0.1, -0.05) is 83.4 Å². The average molecular weight is 374 g/mol. The molecule has 0 aromatic heterocycles. The van der Waals surface area contributed by atoms with Crippen LogP contribution in [0.2, 0.25) is 83.4 Å². The second kappa shape index (κ2) is 4.03. The predicted molar refractivity (Wildman–Crippen MR) is 112 cm³/mol. The van der Waals surface area contributed by atoms with Gasteiger partial charge in [-0.15, -0.1) is 0 Å². The average Bonchev–Trinajstić information content (AvgIpc) is 2.09. The summed E-state index contributed by atoms with van der Waals surface area (Å²) in [6.45, 7) is 33.9. The molecule has 6 heteroatoms. The molecule has 3 fully saturated rings. The molecular weight excluding hydrogens is 337 g/mol. The summed E-state index contributed by atoms with van der Waals surface area (Å²) in [5, 5.41) is 0. The highest BCUT2D eigenvalue weighted by Gasteiger charge is 2.80. The standard InChI is InChI=1S/C14H37Si6/c1-15(2)13-17(5,6)19(9,10)14(16(15,3)4)20(11,12)18(13,7)8/h13H,1-12H3. The molecule has 20 heavy (non-hydrogen) atoms. The van der Waals surface area contributed by atoms with Crippen molar-refractivity contribution in [3.05, 3.63) is 4.79 Å². The molecule has 2 bridgehead atoms. The quantitative estimate of drug-likeness (QED) is 0.516. The van der Waals surface area contributed by atoms with Crippen LogP contribution in [0.15, 0.2) is 0 Å². The van der Waals surface area contributed by atoms with Crippen LogP contribution in [0.1, 0.15) is 0 Å². The van der Waals surface area contributed by atoms with E-state index in [4.69, 9.17) is 0 Å². The lowest BCUT2D eigenvalue weighted by atomic mass is 11.7. The second-order valence-corrected chi connectivity index (χ2v) is 60.2. The minimum absolute atomic E-state index is 1.05. The highest BCUT2D eigenvalue weighted by molar-refractivity contribution is 7.78. The van der Waals surface area contributed by atoms with E-state index in [1.54, 1.807) is 0 Å². The van der Waals surface area contributed by atoms with Crippen molar-refractivity contribution < 1.29 is 0 Å². The highest BCUT2D eigenvalue weighted by Crippen LogP contribution is 2.66. The van der Waals surface area contributed by atoms with Gasteiger partial charge in [0.1, 0.15) is 0 Å². The minimum Gasteiger partial charge on any atom is -0.0715 e. The van der Waals surface area contributed by atoms with Crippen molar-refractivity contribution in [2.24, 2.45) is 0 Å². The Morgan fingerprint density at radius 3 is 0.800 bits per heavy atom. The summed E-state index contributed by atoms with van der Waals surface area (Å²) in [5.74, 6) is 0. The molecule has 3 saturated heterocycles. The lowest BCUT2D eigenvalue weighted by molar-refractivity contribution is 1.34. The molecule has 3 aliphatic rings. The Hall–Kier alpha value is 1.30. The smallest absolute Gasteiger partial charge is 0.0412 e. The summed E-state index contributed by atoms with van der Waals surface area (Å²) in [7, 11) is -6.45. The fourth-order valence-corrected chi connectivity index (χ4v) is 144. The summed E-state index contributed by atoms with van der Waals surface area (Å²) < 4.78 is 0. The van der Waals surface area contributed by atoms with E-state index in [0.717, 1.165) is 0 Å². The zero-order chi connectivity index (χ0) is 16.2. The molecule has 0 aliphatic carbocycles. The van der Waals surface area contributed by atoms with Crippen LogP contribution in [0.25, 0.3) is 0 Å². The fraction of sp³-hybridized carbons (Fsp3) is 0.929. The van der Waals surface area contributed by atoms with Crippen molar-refractivity contribution >= 4 is 45.5 Å². The Balaban J connectivity index is 2.87. The molecule has 3 heterocycles. The summed E-state index contributed by atoms with van der Waals surface area (Å²) in [6, 6.07) is 0. The molecule has 0 amide bonds. The zero-order valence-corrected chi connectivity index (χ0v) is 22.1. The van der Waals surface area contributed by atoms with Crippen LogP contribution in [0, 0.1) is 4.79 Å². The topological polar surface area (TPSA) is 0 Å². The molecule has 0 aromatic carbocycles. The Labute approximate surface area is 133 Å². The third-order valence-electron chi connectivity index (χ3n) is 8.87. The molecule has 3 rings (SSSR count). The van der Waals surface area contributed by atoms with E-state index in [0.29, 0.717) is 0 Å². The van der Waals surface area contributed by atoms with E-state index in [1.807, 2.05) is 0 Å². The van der Waals surface area contributed by atoms with Crippen LogP contribution < -0.4 is 0 Å². The van der Waals surface area contributed by atoms with Crippen LogP contribution >= 0.6 is 0 Å². The monoisotopic (exact) mass is 373 g/mol. The van der Waals surface area contributed by atoms with Gasteiger partial charge >= 0.3 is 0 Å². The first kappa shape index (κ1) is 17.7. The van der Waals surface area contributed by atoms with E-state index >= 15 is 0 Å². The molecule has 0 aromatic rings. The Morgan fingerprint density at radius 1 is 0.450 bits per heavy atom. The number of hydrogen-bond donors (Lipinski definition) is 0. The van der Waals surface area contributed by atoms with E-state index in [9.17, 15) is 0 Å². The Morgan fingerprint density at radius 2 is 0.650 bits per heavy atom. The SMILES string of the molecule is C[Si]1(C)[C]2[Si](C)(C)[Si](C)(C)C([Si]1(C)C)[Si](C)(C)[Si]2(C)C. The molecule has 0 N–H and O–H groups in total. The van der Waals surface area contributed by atoms with Crippen LogP contribution in [0.5, 0.6) is 0 Å². The summed E-state index contributed by atoms with van der Waals surface area (Å²) in [4.78, 5) is 3.70. The van der Waals surface area contributed by atoms with Gasteiger partial charge in [-0.3, -0.25) is 0 Å². The van der Waals surface area contributed by atoms with Crippen LogP contribution in [0.4, 0.5) is 0 Å². The van der Waals surface area contributed by atoms with Crippen molar-refractivity contribution in [3.8, 4) is 0 Å². The van der Waals surface area contributed by atoms with Gasteiger partial charge in [0, 0.05) is 45.5 Å². The molecule has 117 valence electrons. The van der Waals surface area contributed by atoms with Gasteiger partial charge in [0.05, 0.1) is 0 Å². The first-order valence-corrected chi connectivity index (χ1v) is 29.6. The first-order chi connectivity index (χ1) is 8.48. The first-order valence-electron chi connectivity index (χ1n) is 8.37. The van der Waals surface area contributed by atoms with Crippen molar-refractivity contribution in [1.82, 2.24) is 0 Å². The summed E-state index contributed by atoms with van der Waals surface area (Å²) in [5.41, 5.74) is 0. The number of rotatable bonds is 0. The maximum absolute atomic E-state index is 2.83. The normalized spacial score (nSPS) is 36.0. The van der Waals surface area contributed by atoms with Crippen molar-refractivity contribution in [1.29, 1.82) is 0 Å². The number of hydrogen-bond acceptors (Lipinski definition) is 0. The molecule has 3 aliphatic heterocycles. The third-order valence-corrected chi connectivity index (χ3v) is 94.4. The summed E-state index contributed by atoms with van der Waals surface area (Å²) in [6.07, 6.45) is 0. The van der Waals surface area contributed by atoms with E-state index in [2.05, 4.69) is 83.4 Å². The maximum Gasteiger partial charge on any atom is 0.0412 e. The fourth-order valence-electron chi connectivity index (χ4n) is 7.10. The van der Waals surface area contributed by atoms with Crippen molar-refractivity contribution in [2.45, 2.75) is 83.4 Å². The van der Waals surface area contributed by atoms with Crippen molar-refractivity contribution in [2.75, 3.05) is 0 Å². The predicted octanol–water partition coefficient (Wildman–Crippen LogP) is 5.14. The van der Waals surface area contributed by atoms with E-state index in [1.165, 1.54) is 4.79 Å². The lowest BCUT2D eigenvalue weighted by Crippen LogP contribution is -2.97. The molecule has 0 saturated carbocycles. The van der Waals surface area contributed by atoms with Gasteiger partial charge in [0.25, 0.3) is 0 Å². The van der Waals surface area contributed by atoms with Crippen LogP contribution in [-0.2, 0) is 0 Å². The second-order valence-electron chi connectivity index (χ2n) is 10.8. The van der Waals surface area contributed by atoms with Gasteiger partial charge < -0.3 is 0 Å². The Kier molecular flexibility index (Phi) is 3.56. The molecule has 0 spiro atoms. The van der Waals surface area contributed by atoms with Crippen LogP contribution in [-0.4, -0.2) is 45.5 Å². The Bertz CT molecular complexity index is 338. The molecule has 0 nitrogen and oxygen atoms in total. The van der Waals surface area contributed by atoms with Gasteiger partial charge in [-0.2, -0.15) is 0 Å². The van der Waals surface area contributed by atoms with Gasteiger partial charge in [-0.05, 0) is 4.79 Å². The lowest BCUT2D eigenvalue weighted by Gasteiger charge is -2.79. The minimum atomic E-state index is -1.10. The maximum atomic E-state index is 2.83. The zero-order valence-electron chi connectivity index (χ0n) is 16.1. The van der Waals surface area contributed by atoms with E-state index in [-0.39, 0.29) is 0 Å². The van der Waals surface area contributed by atoms with Gasteiger partial charge in [0.15, 0.2) is 0 Å². The molecule has 1 radical (unpaired) electrons.